The molecule has 0 bridgehead atoms. The molecule has 0 spiro atoms. The van der Waals surface area contributed by atoms with E-state index in [2.05, 4.69) is 16.0 Å². The fourth-order valence-corrected chi connectivity index (χ4v) is 3.96. The minimum Gasteiger partial charge on any atom is -0.459 e. The molecular weight excluding hydrogens is 554 g/mol. The number of hydrogen-bond acceptors (Lipinski definition) is 8. The molecular formula is C31H43N5O7. The van der Waals surface area contributed by atoms with Crippen LogP contribution in [0.1, 0.15) is 51.2 Å². The SMILES string of the molecule is CC(C)C[C@H](NC(=O)[C@@H](N)CCC(N)=O)C(=O)N[C@@H](COCc1ccccc1)C(=O)N[C@@H](C)C(=O)OCc1ccccc1. The first-order chi connectivity index (χ1) is 20.5. The van der Waals surface area contributed by atoms with Gasteiger partial charge in [0.2, 0.25) is 23.6 Å². The van der Waals surface area contributed by atoms with Gasteiger partial charge in [-0.3, -0.25) is 19.2 Å². The fourth-order valence-electron chi connectivity index (χ4n) is 3.96. The number of primary amides is 1. The van der Waals surface area contributed by atoms with Crippen LogP contribution in [0.25, 0.3) is 0 Å². The van der Waals surface area contributed by atoms with Crippen LogP contribution in [-0.2, 0) is 46.7 Å². The van der Waals surface area contributed by atoms with Crippen molar-refractivity contribution < 1.29 is 33.4 Å². The number of hydrogen-bond donors (Lipinski definition) is 5. The lowest BCUT2D eigenvalue weighted by Gasteiger charge is -2.26. The number of carbonyl (C=O) groups is 5. The smallest absolute Gasteiger partial charge is 0.328 e. The summed E-state index contributed by atoms with van der Waals surface area (Å²) in [6.45, 7) is 5.22. The molecule has 4 amide bonds. The Bertz CT molecular complexity index is 1190. The lowest BCUT2D eigenvalue weighted by molar-refractivity contribution is -0.149. The molecule has 0 saturated heterocycles. The highest BCUT2D eigenvalue weighted by Crippen LogP contribution is 2.08. The first-order valence-electron chi connectivity index (χ1n) is 14.2. The quantitative estimate of drug-likeness (QED) is 0.157. The van der Waals surface area contributed by atoms with Gasteiger partial charge in [0.05, 0.1) is 19.3 Å². The van der Waals surface area contributed by atoms with Gasteiger partial charge in [-0.05, 0) is 36.8 Å². The van der Waals surface area contributed by atoms with E-state index in [1.807, 2.05) is 74.5 Å². The monoisotopic (exact) mass is 597 g/mol. The maximum absolute atomic E-state index is 13.4. The molecule has 0 aliphatic carbocycles. The summed E-state index contributed by atoms with van der Waals surface area (Å²) in [5, 5.41) is 7.84. The molecule has 0 heterocycles. The van der Waals surface area contributed by atoms with Gasteiger partial charge in [0, 0.05) is 6.42 Å². The van der Waals surface area contributed by atoms with Crippen molar-refractivity contribution in [3.05, 3.63) is 71.8 Å². The highest BCUT2D eigenvalue weighted by Gasteiger charge is 2.30. The fraction of sp³-hybridized carbons (Fsp3) is 0.452. The van der Waals surface area contributed by atoms with Crippen molar-refractivity contribution in [2.24, 2.45) is 17.4 Å². The molecule has 43 heavy (non-hydrogen) atoms. The van der Waals surface area contributed by atoms with Crippen LogP contribution in [-0.4, -0.2) is 60.4 Å². The first kappa shape index (κ1) is 34.9. The summed E-state index contributed by atoms with van der Waals surface area (Å²) in [7, 11) is 0. The summed E-state index contributed by atoms with van der Waals surface area (Å²) in [5.41, 5.74) is 12.7. The van der Waals surface area contributed by atoms with Crippen LogP contribution in [0.15, 0.2) is 60.7 Å². The molecule has 0 saturated carbocycles. The van der Waals surface area contributed by atoms with Crippen molar-refractivity contribution in [3.63, 3.8) is 0 Å². The van der Waals surface area contributed by atoms with Crippen LogP contribution in [0.3, 0.4) is 0 Å². The summed E-state index contributed by atoms with van der Waals surface area (Å²) in [4.78, 5) is 62.9. The molecule has 0 aliphatic heterocycles. The van der Waals surface area contributed by atoms with Crippen LogP contribution in [0.4, 0.5) is 0 Å². The third kappa shape index (κ3) is 13.5. The zero-order valence-corrected chi connectivity index (χ0v) is 24.9. The van der Waals surface area contributed by atoms with Gasteiger partial charge >= 0.3 is 5.97 Å². The van der Waals surface area contributed by atoms with E-state index in [1.165, 1.54) is 6.92 Å². The second-order valence-corrected chi connectivity index (χ2v) is 10.7. The second kappa shape index (κ2) is 18.3. The van der Waals surface area contributed by atoms with Gasteiger partial charge in [0.25, 0.3) is 0 Å². The zero-order chi connectivity index (χ0) is 31.8. The molecule has 0 unspecified atom stereocenters. The van der Waals surface area contributed by atoms with Crippen molar-refractivity contribution in [1.29, 1.82) is 0 Å². The molecule has 0 aliphatic rings. The molecule has 12 heteroatoms. The summed E-state index contributed by atoms with van der Waals surface area (Å²) in [6.07, 6.45) is 0.192. The van der Waals surface area contributed by atoms with E-state index in [4.69, 9.17) is 20.9 Å². The molecule has 2 aromatic carbocycles. The third-order valence-electron chi connectivity index (χ3n) is 6.34. The molecule has 0 fully saturated rings. The molecule has 4 atom stereocenters. The lowest BCUT2D eigenvalue weighted by Crippen LogP contribution is -2.58. The van der Waals surface area contributed by atoms with E-state index in [9.17, 15) is 24.0 Å². The maximum atomic E-state index is 13.4. The van der Waals surface area contributed by atoms with E-state index in [-0.39, 0.29) is 45.0 Å². The Morgan fingerprint density at radius 1 is 0.744 bits per heavy atom. The van der Waals surface area contributed by atoms with Gasteiger partial charge in [-0.15, -0.1) is 0 Å². The predicted molar refractivity (Wildman–Crippen MR) is 160 cm³/mol. The van der Waals surface area contributed by atoms with Gasteiger partial charge in [-0.1, -0.05) is 74.5 Å². The van der Waals surface area contributed by atoms with Gasteiger partial charge in [0.15, 0.2) is 0 Å². The van der Waals surface area contributed by atoms with Crippen LogP contribution >= 0.6 is 0 Å². The zero-order valence-electron chi connectivity index (χ0n) is 24.9. The molecule has 7 N–H and O–H groups in total. The third-order valence-corrected chi connectivity index (χ3v) is 6.34. The maximum Gasteiger partial charge on any atom is 0.328 e. The van der Waals surface area contributed by atoms with Crippen LogP contribution < -0.4 is 27.4 Å². The van der Waals surface area contributed by atoms with Crippen molar-refractivity contribution in [3.8, 4) is 0 Å². The molecule has 12 nitrogen and oxygen atoms in total. The number of nitrogens with two attached hydrogens (primary N) is 2. The van der Waals surface area contributed by atoms with E-state index in [0.717, 1.165) is 11.1 Å². The van der Waals surface area contributed by atoms with Gasteiger partial charge in [-0.25, -0.2) is 4.79 Å². The molecule has 234 valence electrons. The highest BCUT2D eigenvalue weighted by atomic mass is 16.5. The van der Waals surface area contributed by atoms with Crippen LogP contribution in [0.2, 0.25) is 0 Å². The lowest BCUT2D eigenvalue weighted by atomic mass is 10.0. The van der Waals surface area contributed by atoms with E-state index in [1.54, 1.807) is 0 Å². The number of rotatable bonds is 18. The predicted octanol–water partition coefficient (Wildman–Crippen LogP) is 1.06. The number of esters is 1. The Morgan fingerprint density at radius 3 is 1.84 bits per heavy atom. The Hall–Kier alpha value is -4.29. The standard InChI is InChI=1S/C31H43N5O7/c1-20(2)16-25(35-28(38)24(32)14-15-27(33)37)29(39)36-26(19-42-17-22-10-6-4-7-11-22)30(40)34-21(3)31(41)43-18-23-12-8-5-9-13-23/h4-13,20-21,24-26H,14-19,32H2,1-3H3,(H2,33,37)(H,34,40)(H,35,38)(H,36,39)/t21-,24-,25-,26-/m0/s1. The van der Waals surface area contributed by atoms with Crippen molar-refractivity contribution in [2.45, 2.75) is 77.4 Å². The summed E-state index contributed by atoms with van der Waals surface area (Å²) in [5.74, 6) is -3.17. The summed E-state index contributed by atoms with van der Waals surface area (Å²) in [6, 6.07) is 14.1. The largest absolute Gasteiger partial charge is 0.459 e. The van der Waals surface area contributed by atoms with E-state index < -0.39 is 53.8 Å². The number of ether oxygens (including phenoxy) is 2. The summed E-state index contributed by atoms with van der Waals surface area (Å²) < 4.78 is 11.1. The average molecular weight is 598 g/mol. The Balaban J connectivity index is 2.09. The van der Waals surface area contributed by atoms with Gasteiger partial charge < -0.3 is 36.9 Å². The van der Waals surface area contributed by atoms with E-state index >= 15 is 0 Å². The molecule has 0 aromatic heterocycles. The average Bonchev–Trinajstić information content (AvgIpc) is 2.98. The normalized spacial score (nSPS) is 13.7. The van der Waals surface area contributed by atoms with Crippen LogP contribution in [0.5, 0.6) is 0 Å². The van der Waals surface area contributed by atoms with Gasteiger partial charge in [0.1, 0.15) is 24.7 Å². The Labute approximate surface area is 252 Å². The number of nitrogens with one attached hydrogen (secondary N) is 3. The molecule has 2 aromatic rings. The van der Waals surface area contributed by atoms with Crippen LogP contribution in [0, 0.1) is 5.92 Å². The molecule has 0 radical (unpaired) electrons. The number of carbonyl (C=O) groups excluding carboxylic acids is 5. The minimum atomic E-state index is -1.20. The van der Waals surface area contributed by atoms with Crippen molar-refractivity contribution >= 4 is 29.6 Å². The van der Waals surface area contributed by atoms with Gasteiger partial charge in [-0.2, -0.15) is 0 Å². The molecule has 2 rings (SSSR count). The topological polar surface area (TPSA) is 192 Å². The van der Waals surface area contributed by atoms with Crippen molar-refractivity contribution in [1.82, 2.24) is 16.0 Å². The number of benzene rings is 2. The minimum absolute atomic E-state index is 0.00101. The highest BCUT2D eigenvalue weighted by molar-refractivity contribution is 5.94. The Morgan fingerprint density at radius 2 is 1.28 bits per heavy atom. The van der Waals surface area contributed by atoms with Crippen molar-refractivity contribution in [2.75, 3.05) is 6.61 Å². The second-order valence-electron chi connectivity index (χ2n) is 10.7. The Kier molecular flexibility index (Phi) is 14.8. The first-order valence-corrected chi connectivity index (χ1v) is 14.2. The van der Waals surface area contributed by atoms with E-state index in [0.29, 0.717) is 0 Å². The summed E-state index contributed by atoms with van der Waals surface area (Å²) >= 11 is 0. The number of amides is 4.